The zero-order valence-electron chi connectivity index (χ0n) is 12.7. The molecule has 0 saturated carbocycles. The number of hydrogen-bond donors (Lipinski definition) is 1. The Labute approximate surface area is 132 Å². The molecule has 0 aliphatic carbocycles. The lowest BCUT2D eigenvalue weighted by atomic mass is 10.2. The molecule has 8 heteroatoms. The van der Waals surface area contributed by atoms with Crippen LogP contribution in [0.15, 0.2) is 18.2 Å². The van der Waals surface area contributed by atoms with Gasteiger partial charge in [0.15, 0.2) is 0 Å². The van der Waals surface area contributed by atoms with Crippen LogP contribution < -0.4 is 10.2 Å². The summed E-state index contributed by atoms with van der Waals surface area (Å²) in [6.07, 6.45) is 2.42. The van der Waals surface area contributed by atoms with Crippen molar-refractivity contribution in [3.05, 3.63) is 29.0 Å². The highest BCUT2D eigenvalue weighted by atomic mass is 32.2. The third-order valence-corrected chi connectivity index (χ3v) is 3.29. The van der Waals surface area contributed by atoms with Crippen molar-refractivity contribution in [2.24, 2.45) is 0 Å². The van der Waals surface area contributed by atoms with Gasteiger partial charge in [-0.2, -0.15) is 0 Å². The Morgan fingerprint density at radius 2 is 2.09 bits per heavy atom. The number of ether oxygens (including phenoxy) is 2. The molecule has 22 heavy (non-hydrogen) atoms. The minimum Gasteiger partial charge on any atom is -0.761 e. The number of benzene rings is 1. The van der Waals surface area contributed by atoms with E-state index in [2.05, 4.69) is 0 Å². The number of anilines is 1. The largest absolute Gasteiger partial charge is 0.761 e. The molecule has 1 aromatic rings. The molecule has 0 aliphatic rings. The van der Waals surface area contributed by atoms with E-state index in [-0.39, 0.29) is 11.4 Å². The Morgan fingerprint density at radius 3 is 2.68 bits per heavy atom. The van der Waals surface area contributed by atoms with Crippen molar-refractivity contribution < 1.29 is 24.0 Å². The van der Waals surface area contributed by atoms with E-state index in [1.54, 1.807) is 36.9 Å². The maximum absolute atomic E-state index is 11.2. The third kappa shape index (κ3) is 7.96. The maximum atomic E-state index is 11.2. The van der Waals surface area contributed by atoms with E-state index in [4.69, 9.17) is 9.47 Å². The second-order valence-corrected chi connectivity index (χ2v) is 5.88. The Kier molecular flexibility index (Phi) is 10.2. The molecule has 1 aromatic carbocycles. The topological polar surface area (TPSA) is 119 Å². The molecule has 0 bridgehead atoms. The van der Waals surface area contributed by atoms with E-state index in [0.29, 0.717) is 43.2 Å². The summed E-state index contributed by atoms with van der Waals surface area (Å²) in [5.41, 5.74) is 2.92. The highest BCUT2D eigenvalue weighted by Crippen LogP contribution is 2.22. The Bertz CT molecular complexity index is 494. The van der Waals surface area contributed by atoms with Crippen molar-refractivity contribution in [1.82, 2.24) is 0 Å². The van der Waals surface area contributed by atoms with Gasteiger partial charge in [-0.05, 0) is 31.0 Å². The number of rotatable bonds is 9. The minimum atomic E-state index is -0.998. The Hall–Kier alpha value is -1.64. The van der Waals surface area contributed by atoms with Crippen LogP contribution in [0.4, 0.5) is 5.69 Å². The van der Waals surface area contributed by atoms with Crippen LogP contribution in [0.25, 0.3) is 0 Å². The average molecular weight is 332 g/mol. The second-order valence-electron chi connectivity index (χ2n) is 4.44. The molecule has 7 nitrogen and oxygen atoms in total. The zero-order valence-corrected chi connectivity index (χ0v) is 13.5. The number of carbonyl (C=O) groups is 1. The van der Waals surface area contributed by atoms with E-state index >= 15 is 0 Å². The molecule has 0 amide bonds. The monoisotopic (exact) mass is 332 g/mol. The van der Waals surface area contributed by atoms with Crippen LogP contribution in [0.1, 0.15) is 25.3 Å². The Balaban J connectivity index is 0.00000441. The molecule has 0 heterocycles. The van der Waals surface area contributed by atoms with Crippen molar-refractivity contribution in [3.63, 3.8) is 0 Å². The van der Waals surface area contributed by atoms with Crippen LogP contribution in [0.2, 0.25) is 0 Å². The van der Waals surface area contributed by atoms with Crippen LogP contribution in [-0.2, 0) is 26.1 Å². The first-order valence-corrected chi connectivity index (χ1v) is 8.38. The molecule has 0 aromatic heterocycles. The lowest BCUT2D eigenvalue weighted by molar-refractivity contribution is -0.143. The van der Waals surface area contributed by atoms with Crippen molar-refractivity contribution in [3.8, 4) is 5.75 Å². The molecule has 1 unspecified atom stereocenters. The highest BCUT2D eigenvalue weighted by molar-refractivity contribution is 7.83. The van der Waals surface area contributed by atoms with Gasteiger partial charge in [0.2, 0.25) is 0 Å². The summed E-state index contributed by atoms with van der Waals surface area (Å²) in [5.74, 6) is 0.618. The average Bonchev–Trinajstić information content (AvgIpc) is 2.43. The van der Waals surface area contributed by atoms with Crippen LogP contribution in [0.3, 0.4) is 0 Å². The molecule has 126 valence electrons. The van der Waals surface area contributed by atoms with E-state index in [1.807, 2.05) is 0 Å². The van der Waals surface area contributed by atoms with Crippen LogP contribution in [0.5, 0.6) is 5.75 Å². The number of nitrogens with one attached hydrogen (secondary N) is 1. The molecule has 1 rings (SSSR count). The normalized spacial score (nSPS) is 11.2. The summed E-state index contributed by atoms with van der Waals surface area (Å²) in [6, 6.07) is 4.95. The number of carbonyl (C=O) groups excluding carboxylic acids is 1. The van der Waals surface area contributed by atoms with Gasteiger partial charge in [0.25, 0.3) is 0 Å². The van der Waals surface area contributed by atoms with Gasteiger partial charge in [-0.3, -0.25) is 9.00 Å². The SMILES string of the molecule is CCOC(=O)CCCOc1cc(CS(C)=O)cc(N[O-])c1.O. The molecular weight excluding hydrogens is 310 g/mol. The fraction of sp³-hybridized carbons (Fsp3) is 0.500. The highest BCUT2D eigenvalue weighted by Gasteiger charge is 2.04. The van der Waals surface area contributed by atoms with E-state index in [9.17, 15) is 14.2 Å². The van der Waals surface area contributed by atoms with Gasteiger partial charge < -0.3 is 25.6 Å². The van der Waals surface area contributed by atoms with Gasteiger partial charge in [-0.25, -0.2) is 0 Å². The molecule has 0 saturated heterocycles. The lowest BCUT2D eigenvalue weighted by Gasteiger charge is -2.14. The molecular formula is C14H22NO6S-. The summed E-state index contributed by atoms with van der Waals surface area (Å²) >= 11 is 0. The fourth-order valence-corrected chi connectivity index (χ4v) is 2.40. The number of hydrogen-bond acceptors (Lipinski definition) is 6. The molecule has 0 radical (unpaired) electrons. The van der Waals surface area contributed by atoms with Crippen molar-refractivity contribution in [2.45, 2.75) is 25.5 Å². The van der Waals surface area contributed by atoms with Gasteiger partial charge in [-0.15, -0.1) is 0 Å². The van der Waals surface area contributed by atoms with Gasteiger partial charge >= 0.3 is 5.97 Å². The van der Waals surface area contributed by atoms with Gasteiger partial charge in [0.05, 0.1) is 13.2 Å². The van der Waals surface area contributed by atoms with E-state index < -0.39 is 10.8 Å². The van der Waals surface area contributed by atoms with E-state index in [1.165, 1.54) is 0 Å². The smallest absolute Gasteiger partial charge is 0.305 e. The first-order valence-electron chi connectivity index (χ1n) is 6.65. The maximum Gasteiger partial charge on any atom is 0.305 e. The molecule has 0 fully saturated rings. The Morgan fingerprint density at radius 1 is 1.36 bits per heavy atom. The summed E-state index contributed by atoms with van der Waals surface area (Å²) in [5, 5.41) is 10.8. The lowest BCUT2D eigenvalue weighted by Crippen LogP contribution is -2.07. The van der Waals surface area contributed by atoms with Crippen molar-refractivity contribution in [1.29, 1.82) is 0 Å². The van der Waals surface area contributed by atoms with Gasteiger partial charge in [-0.1, -0.05) is 0 Å². The van der Waals surface area contributed by atoms with Gasteiger partial charge in [0.1, 0.15) is 5.75 Å². The predicted octanol–water partition coefficient (Wildman–Crippen LogP) is 1.37. The first-order chi connectivity index (χ1) is 10.0. The summed E-state index contributed by atoms with van der Waals surface area (Å²) in [4.78, 5) is 11.2. The molecule has 1 atom stereocenters. The second kappa shape index (κ2) is 11.0. The van der Waals surface area contributed by atoms with Gasteiger partial charge in [0, 0.05) is 41.0 Å². The number of esters is 1. The van der Waals surface area contributed by atoms with Crippen LogP contribution in [-0.4, -0.2) is 35.1 Å². The minimum absolute atomic E-state index is 0. The summed E-state index contributed by atoms with van der Waals surface area (Å²) in [7, 11) is -0.998. The van der Waals surface area contributed by atoms with E-state index in [0.717, 1.165) is 5.56 Å². The molecule has 0 aliphatic heterocycles. The summed E-state index contributed by atoms with van der Waals surface area (Å²) < 4.78 is 21.6. The third-order valence-electron chi connectivity index (χ3n) is 2.55. The fourth-order valence-electron chi connectivity index (χ4n) is 1.76. The first kappa shape index (κ1) is 20.4. The van der Waals surface area contributed by atoms with Crippen LogP contribution >= 0.6 is 0 Å². The molecule has 0 spiro atoms. The quantitative estimate of drug-likeness (QED) is 0.414. The standard InChI is InChI=1S/C14H20NO5S.H2O/c1-3-19-14(16)5-4-6-20-13-8-11(10-21(2)18)7-12(9-13)15-17;/h7-9,15H,3-6,10H2,1-2H3;1H2/q-1;. The zero-order chi connectivity index (χ0) is 15.7. The van der Waals surface area contributed by atoms with Crippen molar-refractivity contribution in [2.75, 3.05) is 24.9 Å². The van der Waals surface area contributed by atoms with Crippen molar-refractivity contribution >= 4 is 22.5 Å². The molecule has 3 N–H and O–H groups in total. The van der Waals surface area contributed by atoms with Crippen LogP contribution in [0, 0.1) is 5.21 Å². The summed E-state index contributed by atoms with van der Waals surface area (Å²) in [6.45, 7) is 2.47. The predicted molar refractivity (Wildman–Crippen MR) is 86.2 cm³/mol.